The number of carbonyl (C=O) groups is 3. The van der Waals surface area contributed by atoms with E-state index in [1.165, 1.54) is 11.9 Å². The summed E-state index contributed by atoms with van der Waals surface area (Å²) in [6.07, 6.45) is 2.53. The van der Waals surface area contributed by atoms with Gasteiger partial charge >= 0.3 is 0 Å². The minimum absolute atomic E-state index is 0.0700. The van der Waals surface area contributed by atoms with Gasteiger partial charge in [0.25, 0.3) is 0 Å². The van der Waals surface area contributed by atoms with Gasteiger partial charge in [-0.3, -0.25) is 19.3 Å². The molecule has 1 aromatic heterocycles. The van der Waals surface area contributed by atoms with Gasteiger partial charge in [0, 0.05) is 50.0 Å². The Morgan fingerprint density at radius 3 is 2.43 bits per heavy atom. The molecule has 1 aliphatic heterocycles. The standard InChI is InChI=1S/C18H18N2O3/c1-19-9-14(11-5-3-4-6-15(11)19)12-7-10(21)8-13-16(12)18(23)20(2)17(13)22/h3-6,9,12-13,16H,7-8H2,1-2H3/t12-,13-,16+/m1/s1. The number of likely N-dealkylation sites (tertiary alicyclic amines) is 1. The second-order valence-corrected chi connectivity index (χ2v) is 6.63. The molecule has 118 valence electrons. The molecule has 2 heterocycles. The van der Waals surface area contributed by atoms with Crippen molar-refractivity contribution in [2.45, 2.75) is 18.8 Å². The van der Waals surface area contributed by atoms with Crippen LogP contribution in [0.5, 0.6) is 0 Å². The number of imide groups is 1. The number of rotatable bonds is 1. The van der Waals surface area contributed by atoms with Gasteiger partial charge in [-0.2, -0.15) is 0 Å². The molecule has 5 nitrogen and oxygen atoms in total. The van der Waals surface area contributed by atoms with Gasteiger partial charge in [-0.05, 0) is 11.6 Å². The molecule has 1 aliphatic carbocycles. The third-order valence-electron chi connectivity index (χ3n) is 5.35. The average molecular weight is 310 g/mol. The zero-order valence-corrected chi connectivity index (χ0v) is 13.2. The highest BCUT2D eigenvalue weighted by Crippen LogP contribution is 2.46. The van der Waals surface area contributed by atoms with Crippen molar-refractivity contribution in [1.82, 2.24) is 9.47 Å². The number of amides is 2. The van der Waals surface area contributed by atoms with E-state index in [1.807, 2.05) is 42.1 Å². The van der Waals surface area contributed by atoms with Crippen LogP contribution in [-0.4, -0.2) is 34.1 Å². The summed E-state index contributed by atoms with van der Waals surface area (Å²) >= 11 is 0. The first-order valence-corrected chi connectivity index (χ1v) is 7.86. The predicted molar refractivity (Wildman–Crippen MR) is 84.7 cm³/mol. The predicted octanol–water partition coefficient (Wildman–Crippen LogP) is 1.86. The Kier molecular flexibility index (Phi) is 2.95. The molecule has 0 bridgehead atoms. The first kappa shape index (κ1) is 14.2. The molecule has 2 fully saturated rings. The lowest BCUT2D eigenvalue weighted by Crippen LogP contribution is -2.33. The highest BCUT2D eigenvalue weighted by atomic mass is 16.2. The van der Waals surface area contributed by atoms with Gasteiger partial charge in [0.1, 0.15) is 5.78 Å². The maximum absolute atomic E-state index is 12.6. The number of para-hydroxylation sites is 1. The molecule has 0 unspecified atom stereocenters. The van der Waals surface area contributed by atoms with E-state index in [1.54, 1.807) is 0 Å². The second kappa shape index (κ2) is 4.78. The zero-order valence-electron chi connectivity index (χ0n) is 13.2. The van der Waals surface area contributed by atoms with Gasteiger partial charge in [-0.25, -0.2) is 0 Å². The number of fused-ring (bicyclic) bond motifs is 2. The fraction of sp³-hybridized carbons (Fsp3) is 0.389. The van der Waals surface area contributed by atoms with Crippen LogP contribution in [0.3, 0.4) is 0 Å². The number of benzene rings is 1. The second-order valence-electron chi connectivity index (χ2n) is 6.63. The Bertz CT molecular complexity index is 851. The quantitative estimate of drug-likeness (QED) is 0.755. The van der Waals surface area contributed by atoms with E-state index < -0.39 is 11.8 Å². The number of carbonyl (C=O) groups excluding carboxylic acids is 3. The molecule has 5 heteroatoms. The lowest BCUT2D eigenvalue weighted by molar-refractivity contribution is -0.138. The van der Waals surface area contributed by atoms with Gasteiger partial charge in [0.2, 0.25) is 11.8 Å². The SMILES string of the molecule is CN1C(=O)[C@H]2[C@@H](c3cn(C)c4ccccc34)CC(=O)C[C@H]2C1=O. The van der Waals surface area contributed by atoms with Crippen LogP contribution in [0.25, 0.3) is 10.9 Å². The summed E-state index contributed by atoms with van der Waals surface area (Å²) in [5, 5.41) is 1.06. The van der Waals surface area contributed by atoms with Crippen LogP contribution < -0.4 is 0 Å². The average Bonchev–Trinajstić information content (AvgIpc) is 2.98. The van der Waals surface area contributed by atoms with E-state index in [2.05, 4.69) is 0 Å². The van der Waals surface area contributed by atoms with Gasteiger partial charge in [-0.1, -0.05) is 18.2 Å². The maximum atomic E-state index is 12.6. The van der Waals surface area contributed by atoms with Crippen LogP contribution in [0.15, 0.2) is 30.5 Å². The van der Waals surface area contributed by atoms with Gasteiger partial charge in [-0.15, -0.1) is 0 Å². The molecule has 1 aromatic carbocycles. The van der Waals surface area contributed by atoms with E-state index in [9.17, 15) is 14.4 Å². The highest BCUT2D eigenvalue weighted by Gasteiger charge is 2.53. The van der Waals surface area contributed by atoms with Crippen LogP contribution in [0.2, 0.25) is 0 Å². The molecular weight excluding hydrogens is 292 g/mol. The van der Waals surface area contributed by atoms with Crippen molar-refractivity contribution in [2.24, 2.45) is 18.9 Å². The van der Waals surface area contributed by atoms with Crippen LogP contribution in [-0.2, 0) is 21.4 Å². The fourth-order valence-electron chi connectivity index (χ4n) is 4.25. The molecule has 0 N–H and O–H groups in total. The Morgan fingerprint density at radius 2 is 1.65 bits per heavy atom. The van der Waals surface area contributed by atoms with E-state index >= 15 is 0 Å². The summed E-state index contributed by atoms with van der Waals surface area (Å²) in [6, 6.07) is 7.97. The van der Waals surface area contributed by atoms with Crippen LogP contribution in [0, 0.1) is 11.8 Å². The molecule has 0 radical (unpaired) electrons. The summed E-state index contributed by atoms with van der Waals surface area (Å²) in [7, 11) is 3.48. The smallest absolute Gasteiger partial charge is 0.233 e. The number of ketones is 1. The topological polar surface area (TPSA) is 59.4 Å². The summed E-state index contributed by atoms with van der Waals surface area (Å²) < 4.78 is 2.02. The molecule has 2 aliphatic rings. The van der Waals surface area contributed by atoms with E-state index in [0.29, 0.717) is 6.42 Å². The first-order valence-electron chi connectivity index (χ1n) is 7.86. The Morgan fingerprint density at radius 1 is 0.957 bits per heavy atom. The third-order valence-corrected chi connectivity index (χ3v) is 5.35. The Balaban J connectivity index is 1.87. The van der Waals surface area contributed by atoms with Crippen molar-refractivity contribution >= 4 is 28.5 Å². The highest BCUT2D eigenvalue weighted by molar-refractivity contribution is 6.08. The van der Waals surface area contributed by atoms with Crippen LogP contribution in [0.4, 0.5) is 0 Å². The first-order chi connectivity index (χ1) is 11.0. The third kappa shape index (κ3) is 1.89. The molecule has 1 saturated carbocycles. The van der Waals surface area contributed by atoms with Crippen LogP contribution >= 0.6 is 0 Å². The molecular formula is C18H18N2O3. The zero-order chi connectivity index (χ0) is 16.3. The molecule has 2 aromatic rings. The fourth-order valence-corrected chi connectivity index (χ4v) is 4.25. The lowest BCUT2D eigenvalue weighted by Gasteiger charge is -2.29. The largest absolute Gasteiger partial charge is 0.350 e. The summed E-state index contributed by atoms with van der Waals surface area (Å²) in [5.41, 5.74) is 2.07. The van der Waals surface area contributed by atoms with Gasteiger partial charge in [0.15, 0.2) is 0 Å². The normalized spacial score (nSPS) is 27.8. The molecule has 1 saturated heterocycles. The number of hydrogen-bond acceptors (Lipinski definition) is 3. The molecule has 2 amide bonds. The molecule has 23 heavy (non-hydrogen) atoms. The van der Waals surface area contributed by atoms with Crippen molar-refractivity contribution in [3.8, 4) is 0 Å². The van der Waals surface area contributed by atoms with Crippen molar-refractivity contribution < 1.29 is 14.4 Å². The minimum Gasteiger partial charge on any atom is -0.350 e. The number of aryl methyl sites for hydroxylation is 1. The maximum Gasteiger partial charge on any atom is 0.233 e. The lowest BCUT2D eigenvalue weighted by atomic mass is 9.70. The van der Waals surface area contributed by atoms with E-state index in [4.69, 9.17) is 0 Å². The monoisotopic (exact) mass is 310 g/mol. The van der Waals surface area contributed by atoms with Crippen LogP contribution in [0.1, 0.15) is 24.3 Å². The number of Topliss-reactive ketones (excluding diaryl/α,β-unsaturated/α-hetero) is 1. The Hall–Kier alpha value is -2.43. The van der Waals surface area contributed by atoms with E-state index in [0.717, 1.165) is 16.5 Å². The van der Waals surface area contributed by atoms with Gasteiger partial charge in [0.05, 0.1) is 11.8 Å². The number of nitrogens with zero attached hydrogens (tertiary/aromatic N) is 2. The minimum atomic E-state index is -0.488. The number of aromatic nitrogens is 1. The van der Waals surface area contributed by atoms with Crippen molar-refractivity contribution in [2.75, 3.05) is 7.05 Å². The van der Waals surface area contributed by atoms with Crippen molar-refractivity contribution in [3.05, 3.63) is 36.0 Å². The Labute approximate surface area is 133 Å². The summed E-state index contributed by atoms with van der Waals surface area (Å²) in [5.74, 6) is -1.40. The molecule has 0 spiro atoms. The summed E-state index contributed by atoms with van der Waals surface area (Å²) in [4.78, 5) is 38.3. The molecule has 3 atom stereocenters. The van der Waals surface area contributed by atoms with Gasteiger partial charge < -0.3 is 4.57 Å². The van der Waals surface area contributed by atoms with Crippen molar-refractivity contribution in [3.63, 3.8) is 0 Å². The van der Waals surface area contributed by atoms with E-state index in [-0.39, 0.29) is 29.9 Å². The van der Waals surface area contributed by atoms with Crippen molar-refractivity contribution in [1.29, 1.82) is 0 Å². The summed E-state index contributed by atoms with van der Waals surface area (Å²) in [6.45, 7) is 0. The molecule has 4 rings (SSSR count). The number of hydrogen-bond donors (Lipinski definition) is 0.